The topological polar surface area (TPSA) is 94.4 Å². The first-order valence-corrected chi connectivity index (χ1v) is 9.06. The maximum absolute atomic E-state index is 12.5. The zero-order valence-electron chi connectivity index (χ0n) is 16.4. The Morgan fingerprint density at radius 2 is 2.00 bits per heavy atom. The van der Waals surface area contributed by atoms with Crippen LogP contribution in [0.5, 0.6) is 11.5 Å². The van der Waals surface area contributed by atoms with E-state index in [1.165, 1.54) is 0 Å². The maximum Gasteiger partial charge on any atom is 0.222 e. The molecule has 1 N–H and O–H groups in total. The summed E-state index contributed by atoms with van der Waals surface area (Å²) in [4.78, 5) is 14.1. The number of tetrazole rings is 1. The standard InChI is InChI=1S/C18H26N6O3.ClH/c1-23(18(25)5-4-13-6-7-19-11-13)12-17-20-21-22-24(17)14-8-15(26-2)10-16(9-14)27-3;/h8-10,13,19H,4-7,11-12H2,1-3H3;1H. The summed E-state index contributed by atoms with van der Waals surface area (Å²) in [6.45, 7) is 2.38. The molecular formula is C18H27ClN6O3. The van der Waals surface area contributed by atoms with Gasteiger partial charge in [-0.3, -0.25) is 4.79 Å². The number of rotatable bonds is 8. The monoisotopic (exact) mass is 410 g/mol. The van der Waals surface area contributed by atoms with Crippen LogP contribution in [0.3, 0.4) is 0 Å². The van der Waals surface area contributed by atoms with E-state index >= 15 is 0 Å². The Morgan fingerprint density at radius 3 is 2.61 bits per heavy atom. The van der Waals surface area contributed by atoms with E-state index in [-0.39, 0.29) is 18.3 Å². The molecule has 1 amide bonds. The fraction of sp³-hybridized carbons (Fsp3) is 0.556. The third-order valence-electron chi connectivity index (χ3n) is 4.85. The number of nitrogens with zero attached hydrogens (tertiary/aromatic N) is 5. The Balaban J connectivity index is 0.00000280. The van der Waals surface area contributed by atoms with Crippen LogP contribution in [0.25, 0.3) is 5.69 Å². The van der Waals surface area contributed by atoms with Crippen LogP contribution < -0.4 is 14.8 Å². The molecular weight excluding hydrogens is 384 g/mol. The highest BCUT2D eigenvalue weighted by molar-refractivity contribution is 5.85. The molecule has 0 saturated carbocycles. The summed E-state index contributed by atoms with van der Waals surface area (Å²) in [7, 11) is 4.96. The van der Waals surface area contributed by atoms with Gasteiger partial charge in [-0.2, -0.15) is 4.68 Å². The van der Waals surface area contributed by atoms with Crippen LogP contribution in [0.2, 0.25) is 0 Å². The minimum Gasteiger partial charge on any atom is -0.497 e. The van der Waals surface area contributed by atoms with Crippen molar-refractivity contribution in [1.29, 1.82) is 0 Å². The number of aromatic nitrogens is 4. The normalized spacial score (nSPS) is 15.8. The van der Waals surface area contributed by atoms with Crippen molar-refractivity contribution in [2.75, 3.05) is 34.4 Å². The van der Waals surface area contributed by atoms with Gasteiger partial charge in [-0.15, -0.1) is 17.5 Å². The Hall–Kier alpha value is -2.39. The fourth-order valence-electron chi connectivity index (χ4n) is 3.20. The van der Waals surface area contributed by atoms with Gasteiger partial charge in [0.25, 0.3) is 0 Å². The Kier molecular flexibility index (Phi) is 8.01. The van der Waals surface area contributed by atoms with Crippen molar-refractivity contribution in [3.8, 4) is 17.2 Å². The van der Waals surface area contributed by atoms with Gasteiger partial charge in [0, 0.05) is 31.7 Å². The molecule has 1 fully saturated rings. The van der Waals surface area contributed by atoms with Gasteiger partial charge in [0.2, 0.25) is 5.91 Å². The molecule has 1 aliphatic heterocycles. The number of benzene rings is 1. The van der Waals surface area contributed by atoms with Crippen LogP contribution in [0.1, 0.15) is 25.1 Å². The number of hydrogen-bond acceptors (Lipinski definition) is 7. The number of carbonyl (C=O) groups excluding carboxylic acids is 1. The van der Waals surface area contributed by atoms with Gasteiger partial charge in [-0.05, 0) is 42.3 Å². The van der Waals surface area contributed by atoms with Gasteiger partial charge in [0.1, 0.15) is 11.5 Å². The summed E-state index contributed by atoms with van der Waals surface area (Å²) in [5.41, 5.74) is 0.712. The summed E-state index contributed by atoms with van der Waals surface area (Å²) < 4.78 is 12.2. The molecule has 154 valence electrons. The van der Waals surface area contributed by atoms with E-state index < -0.39 is 0 Å². The van der Waals surface area contributed by atoms with Crippen molar-refractivity contribution in [1.82, 2.24) is 30.4 Å². The minimum absolute atomic E-state index is 0. The second-order valence-corrected chi connectivity index (χ2v) is 6.73. The highest BCUT2D eigenvalue weighted by atomic mass is 35.5. The van der Waals surface area contributed by atoms with Crippen LogP contribution in [-0.4, -0.2) is 65.4 Å². The van der Waals surface area contributed by atoms with E-state index in [9.17, 15) is 4.79 Å². The lowest BCUT2D eigenvalue weighted by molar-refractivity contribution is -0.130. The lowest BCUT2D eigenvalue weighted by atomic mass is 10.0. The van der Waals surface area contributed by atoms with Crippen molar-refractivity contribution < 1.29 is 14.3 Å². The predicted octanol–water partition coefficient (Wildman–Crippen LogP) is 1.45. The quantitative estimate of drug-likeness (QED) is 0.703. The van der Waals surface area contributed by atoms with E-state index in [1.807, 2.05) is 12.1 Å². The van der Waals surface area contributed by atoms with E-state index in [0.717, 1.165) is 25.9 Å². The van der Waals surface area contributed by atoms with Crippen LogP contribution in [-0.2, 0) is 11.3 Å². The molecule has 1 saturated heterocycles. The molecule has 0 bridgehead atoms. The molecule has 1 aliphatic rings. The van der Waals surface area contributed by atoms with E-state index in [0.29, 0.717) is 41.9 Å². The molecule has 1 unspecified atom stereocenters. The number of methoxy groups -OCH3 is 2. The molecule has 3 rings (SSSR count). The predicted molar refractivity (Wildman–Crippen MR) is 106 cm³/mol. The summed E-state index contributed by atoms with van der Waals surface area (Å²) in [5.74, 6) is 2.54. The van der Waals surface area contributed by atoms with E-state index in [1.54, 1.807) is 36.9 Å². The largest absolute Gasteiger partial charge is 0.497 e. The van der Waals surface area contributed by atoms with Gasteiger partial charge < -0.3 is 19.7 Å². The summed E-state index contributed by atoms with van der Waals surface area (Å²) in [5, 5.41) is 15.2. The highest BCUT2D eigenvalue weighted by Crippen LogP contribution is 2.25. The van der Waals surface area contributed by atoms with Crippen LogP contribution in [0, 0.1) is 5.92 Å². The molecule has 28 heavy (non-hydrogen) atoms. The first-order valence-electron chi connectivity index (χ1n) is 9.06. The second-order valence-electron chi connectivity index (χ2n) is 6.73. The zero-order valence-corrected chi connectivity index (χ0v) is 17.2. The Labute approximate surface area is 170 Å². The smallest absolute Gasteiger partial charge is 0.222 e. The molecule has 1 atom stereocenters. The second kappa shape index (κ2) is 10.2. The summed E-state index contributed by atoms with van der Waals surface area (Å²) in [6.07, 6.45) is 2.60. The number of halogens is 1. The van der Waals surface area contributed by atoms with Crippen molar-refractivity contribution >= 4 is 18.3 Å². The van der Waals surface area contributed by atoms with Gasteiger partial charge in [-0.25, -0.2) is 0 Å². The molecule has 2 heterocycles. The first-order chi connectivity index (χ1) is 13.1. The Morgan fingerprint density at radius 1 is 1.29 bits per heavy atom. The van der Waals surface area contributed by atoms with Gasteiger partial charge in [-0.1, -0.05) is 0 Å². The lowest BCUT2D eigenvalue weighted by Gasteiger charge is -2.18. The zero-order chi connectivity index (χ0) is 19.2. The molecule has 0 spiro atoms. The number of amides is 1. The number of nitrogens with one attached hydrogen (secondary N) is 1. The van der Waals surface area contributed by atoms with Crippen LogP contribution in [0.15, 0.2) is 18.2 Å². The van der Waals surface area contributed by atoms with Crippen molar-refractivity contribution in [3.63, 3.8) is 0 Å². The minimum atomic E-state index is 0. The van der Waals surface area contributed by atoms with E-state index in [2.05, 4.69) is 20.8 Å². The first kappa shape index (κ1) is 21.9. The summed E-state index contributed by atoms with van der Waals surface area (Å²) >= 11 is 0. The molecule has 10 heteroatoms. The van der Waals surface area contributed by atoms with E-state index in [4.69, 9.17) is 9.47 Å². The number of ether oxygens (including phenoxy) is 2. The van der Waals surface area contributed by atoms with Gasteiger partial charge in [0.05, 0.1) is 26.5 Å². The highest BCUT2D eigenvalue weighted by Gasteiger charge is 2.19. The molecule has 0 aliphatic carbocycles. The summed E-state index contributed by atoms with van der Waals surface area (Å²) in [6, 6.07) is 5.41. The molecule has 1 aromatic carbocycles. The molecule has 2 aromatic rings. The SMILES string of the molecule is COc1cc(OC)cc(-n2nnnc2CN(C)C(=O)CCC2CCNC2)c1.Cl. The average Bonchev–Trinajstić information content (AvgIpc) is 3.37. The van der Waals surface area contributed by atoms with Crippen molar-refractivity contribution in [2.45, 2.75) is 25.8 Å². The number of hydrogen-bond donors (Lipinski definition) is 1. The van der Waals surface area contributed by atoms with Crippen molar-refractivity contribution in [2.24, 2.45) is 5.92 Å². The molecule has 9 nitrogen and oxygen atoms in total. The average molecular weight is 411 g/mol. The third kappa shape index (κ3) is 5.32. The fourth-order valence-corrected chi connectivity index (χ4v) is 3.20. The molecule has 1 aromatic heterocycles. The lowest BCUT2D eigenvalue weighted by Crippen LogP contribution is -2.28. The van der Waals surface area contributed by atoms with Crippen molar-refractivity contribution in [3.05, 3.63) is 24.0 Å². The maximum atomic E-state index is 12.5. The van der Waals surface area contributed by atoms with Crippen LogP contribution in [0.4, 0.5) is 0 Å². The third-order valence-corrected chi connectivity index (χ3v) is 4.85. The van der Waals surface area contributed by atoms with Crippen LogP contribution >= 0.6 is 12.4 Å². The molecule has 0 radical (unpaired) electrons. The Bertz CT molecular complexity index is 756. The van der Waals surface area contributed by atoms with Gasteiger partial charge in [0.15, 0.2) is 5.82 Å². The van der Waals surface area contributed by atoms with Gasteiger partial charge >= 0.3 is 0 Å². The number of carbonyl (C=O) groups is 1.